The van der Waals surface area contributed by atoms with E-state index in [0.29, 0.717) is 10.2 Å². The van der Waals surface area contributed by atoms with E-state index in [-0.39, 0.29) is 16.7 Å². The van der Waals surface area contributed by atoms with E-state index in [4.69, 9.17) is 5.73 Å². The van der Waals surface area contributed by atoms with Crippen LogP contribution in [0.5, 0.6) is 0 Å². The summed E-state index contributed by atoms with van der Waals surface area (Å²) in [6.07, 6.45) is 0. The van der Waals surface area contributed by atoms with Gasteiger partial charge in [-0.25, -0.2) is 0 Å². The highest BCUT2D eigenvalue weighted by molar-refractivity contribution is 9.10. The molecule has 0 amide bonds. The Morgan fingerprint density at radius 3 is 2.20 bits per heavy atom. The molecule has 0 aliphatic carbocycles. The van der Waals surface area contributed by atoms with Crippen LogP contribution in [0.1, 0.15) is 13.8 Å². The van der Waals surface area contributed by atoms with E-state index in [1.165, 1.54) is 18.2 Å². The minimum atomic E-state index is -4.26. The average molecular weight is 302 g/mol. The highest BCUT2D eigenvalue weighted by Crippen LogP contribution is 2.38. The first-order valence-electron chi connectivity index (χ1n) is 4.19. The smallest absolute Gasteiger partial charge is 0.398 e. The fourth-order valence-corrected chi connectivity index (χ4v) is 1.55. The molecule has 1 aromatic rings. The van der Waals surface area contributed by atoms with E-state index < -0.39 is 5.51 Å². The number of nitrogen functional groups attached to an aromatic ring is 1. The van der Waals surface area contributed by atoms with Crippen LogP contribution in [0.3, 0.4) is 0 Å². The van der Waals surface area contributed by atoms with Crippen LogP contribution in [-0.4, -0.2) is 5.51 Å². The van der Waals surface area contributed by atoms with Crippen molar-refractivity contribution in [2.45, 2.75) is 24.3 Å². The van der Waals surface area contributed by atoms with E-state index in [1.54, 1.807) is 0 Å². The molecule has 1 aromatic carbocycles. The fraction of sp³-hybridized carbons (Fsp3) is 0.333. The number of thioether (sulfide) groups is 1. The van der Waals surface area contributed by atoms with Crippen molar-refractivity contribution in [2.75, 3.05) is 5.73 Å². The van der Waals surface area contributed by atoms with Crippen molar-refractivity contribution in [3.8, 4) is 0 Å². The van der Waals surface area contributed by atoms with Gasteiger partial charge in [0.1, 0.15) is 0 Å². The molecule has 86 valence electrons. The zero-order valence-corrected chi connectivity index (χ0v) is 10.6. The second-order valence-electron chi connectivity index (χ2n) is 2.23. The summed E-state index contributed by atoms with van der Waals surface area (Å²) in [4.78, 5) is 0.0909. The monoisotopic (exact) mass is 301 g/mol. The number of halogens is 4. The lowest BCUT2D eigenvalue weighted by Gasteiger charge is -2.06. The maximum atomic E-state index is 11.9. The van der Waals surface area contributed by atoms with Crippen molar-refractivity contribution in [3.05, 3.63) is 22.7 Å². The number of alkyl halides is 3. The highest BCUT2D eigenvalue weighted by atomic mass is 79.9. The molecule has 15 heavy (non-hydrogen) atoms. The summed E-state index contributed by atoms with van der Waals surface area (Å²) in [5.41, 5.74) is 1.45. The molecule has 0 saturated heterocycles. The minimum Gasteiger partial charge on any atom is -0.398 e. The number of anilines is 1. The summed E-state index contributed by atoms with van der Waals surface area (Å²) in [6, 6.07) is 4.13. The quantitative estimate of drug-likeness (QED) is 0.602. The predicted molar refractivity (Wildman–Crippen MR) is 61.8 cm³/mol. The maximum Gasteiger partial charge on any atom is 0.446 e. The summed E-state index contributed by atoms with van der Waals surface area (Å²) in [5, 5.41) is 0. The van der Waals surface area contributed by atoms with Crippen molar-refractivity contribution in [1.82, 2.24) is 0 Å². The van der Waals surface area contributed by atoms with Gasteiger partial charge in [-0.3, -0.25) is 0 Å². The van der Waals surface area contributed by atoms with Crippen LogP contribution < -0.4 is 5.73 Å². The van der Waals surface area contributed by atoms with E-state index in [1.807, 2.05) is 13.8 Å². The lowest BCUT2D eigenvalue weighted by molar-refractivity contribution is -0.0328. The van der Waals surface area contributed by atoms with Gasteiger partial charge in [-0.1, -0.05) is 13.8 Å². The van der Waals surface area contributed by atoms with Gasteiger partial charge in [0.2, 0.25) is 0 Å². The van der Waals surface area contributed by atoms with E-state index in [0.717, 1.165) is 0 Å². The van der Waals surface area contributed by atoms with Crippen LogP contribution in [0, 0.1) is 0 Å². The molecular weight excluding hydrogens is 291 g/mol. The van der Waals surface area contributed by atoms with Gasteiger partial charge in [0, 0.05) is 15.1 Å². The first kappa shape index (κ1) is 14.6. The molecule has 6 heteroatoms. The van der Waals surface area contributed by atoms with Gasteiger partial charge < -0.3 is 5.73 Å². The highest BCUT2D eigenvalue weighted by Gasteiger charge is 2.29. The maximum absolute atomic E-state index is 11.9. The van der Waals surface area contributed by atoms with Crippen molar-refractivity contribution in [3.63, 3.8) is 0 Å². The van der Waals surface area contributed by atoms with Gasteiger partial charge in [-0.05, 0) is 45.9 Å². The Morgan fingerprint density at radius 2 is 1.80 bits per heavy atom. The Labute approximate surface area is 99.4 Å². The molecule has 0 heterocycles. The van der Waals surface area contributed by atoms with Gasteiger partial charge >= 0.3 is 5.51 Å². The molecule has 0 fully saturated rings. The molecule has 1 nitrogen and oxygen atoms in total. The largest absolute Gasteiger partial charge is 0.446 e. The average Bonchev–Trinajstić information content (AvgIpc) is 2.12. The van der Waals surface area contributed by atoms with Gasteiger partial charge in [0.25, 0.3) is 0 Å². The molecule has 0 radical (unpaired) electrons. The number of hydrogen-bond acceptors (Lipinski definition) is 2. The summed E-state index contributed by atoms with van der Waals surface area (Å²) < 4.78 is 36.2. The Kier molecular flexibility index (Phi) is 6.12. The van der Waals surface area contributed by atoms with Gasteiger partial charge in [0.05, 0.1) is 0 Å². The summed E-state index contributed by atoms with van der Waals surface area (Å²) in [7, 11) is 0. The molecule has 0 unspecified atom stereocenters. The molecule has 0 aliphatic rings. The van der Waals surface area contributed by atoms with Crippen LogP contribution in [0.25, 0.3) is 0 Å². The van der Waals surface area contributed by atoms with Gasteiger partial charge in [-0.2, -0.15) is 13.2 Å². The lowest BCUT2D eigenvalue weighted by atomic mass is 10.3. The molecule has 0 spiro atoms. The molecule has 0 aliphatic heterocycles. The molecule has 1 rings (SSSR count). The van der Waals surface area contributed by atoms with Crippen LogP contribution in [0.2, 0.25) is 0 Å². The van der Waals surface area contributed by atoms with Crippen LogP contribution in [-0.2, 0) is 0 Å². The topological polar surface area (TPSA) is 26.0 Å². The predicted octanol–water partition coefficient (Wildman–Crippen LogP) is 4.67. The zero-order chi connectivity index (χ0) is 12.1. The molecule has 0 atom stereocenters. The minimum absolute atomic E-state index is 0.0909. The Bertz CT molecular complexity index is 315. The Morgan fingerprint density at radius 1 is 1.27 bits per heavy atom. The third-order valence-corrected chi connectivity index (χ3v) is 2.64. The Balaban J connectivity index is 0.000000921. The molecular formula is C9H11BrF3NS. The number of hydrogen-bond donors (Lipinski definition) is 1. The normalized spacial score (nSPS) is 10.5. The van der Waals surface area contributed by atoms with Crippen molar-refractivity contribution in [2.24, 2.45) is 0 Å². The summed E-state index contributed by atoms with van der Waals surface area (Å²) in [5.74, 6) is 0. The molecule has 2 N–H and O–H groups in total. The second kappa shape index (κ2) is 6.27. The van der Waals surface area contributed by atoms with Gasteiger partial charge in [0.15, 0.2) is 0 Å². The van der Waals surface area contributed by atoms with Crippen LogP contribution in [0.4, 0.5) is 18.9 Å². The zero-order valence-electron chi connectivity index (χ0n) is 8.23. The van der Waals surface area contributed by atoms with Crippen LogP contribution in [0.15, 0.2) is 27.6 Å². The first-order chi connectivity index (χ1) is 6.88. The SMILES string of the molecule is CC.Nc1cc(SC(F)(F)F)ccc1Br. The lowest BCUT2D eigenvalue weighted by Crippen LogP contribution is -1.99. The number of benzene rings is 1. The van der Waals surface area contributed by atoms with Crippen LogP contribution >= 0.6 is 27.7 Å². The Hall–Kier alpha value is -0.360. The van der Waals surface area contributed by atoms with E-state index in [9.17, 15) is 13.2 Å². The van der Waals surface area contributed by atoms with Crippen molar-refractivity contribution >= 4 is 33.4 Å². The third kappa shape index (κ3) is 5.94. The molecule has 0 bridgehead atoms. The number of rotatable bonds is 1. The molecule has 0 saturated carbocycles. The molecule has 0 aromatic heterocycles. The fourth-order valence-electron chi connectivity index (χ4n) is 0.719. The van der Waals surface area contributed by atoms with E-state index >= 15 is 0 Å². The second-order valence-corrected chi connectivity index (χ2v) is 4.22. The summed E-state index contributed by atoms with van der Waals surface area (Å²) >= 11 is 2.92. The van der Waals surface area contributed by atoms with Gasteiger partial charge in [-0.15, -0.1) is 0 Å². The number of nitrogens with two attached hydrogens (primary N) is 1. The van der Waals surface area contributed by atoms with Crippen molar-refractivity contribution in [1.29, 1.82) is 0 Å². The standard InChI is InChI=1S/C7H5BrF3NS.C2H6/c8-5-2-1-4(3-6(5)12)13-7(9,10)11;1-2/h1-3H,12H2;1-2H3. The third-order valence-electron chi connectivity index (χ3n) is 1.20. The van der Waals surface area contributed by atoms with Crippen molar-refractivity contribution < 1.29 is 13.2 Å². The first-order valence-corrected chi connectivity index (χ1v) is 5.80. The van der Waals surface area contributed by atoms with E-state index in [2.05, 4.69) is 15.9 Å². The summed E-state index contributed by atoms with van der Waals surface area (Å²) in [6.45, 7) is 4.00.